The van der Waals surface area contributed by atoms with Gasteiger partial charge in [-0.25, -0.2) is 0 Å². The van der Waals surface area contributed by atoms with Crippen molar-refractivity contribution in [1.29, 1.82) is 0 Å². The first kappa shape index (κ1) is 17.2. The predicted molar refractivity (Wildman–Crippen MR) is 81.2 cm³/mol. The number of guanidine groups is 1. The summed E-state index contributed by atoms with van der Waals surface area (Å²) in [6.07, 6.45) is 0. The van der Waals surface area contributed by atoms with E-state index in [9.17, 15) is 0 Å². The summed E-state index contributed by atoms with van der Waals surface area (Å²) in [5.41, 5.74) is 0.198. The summed E-state index contributed by atoms with van der Waals surface area (Å²) < 4.78 is 0. The molecule has 108 valence electrons. The molecule has 0 spiro atoms. The first-order valence-electron chi connectivity index (χ1n) is 6.93. The molecular weight excluding hydrogens is 224 g/mol. The average molecular weight is 256 g/mol. The molecule has 0 aliphatic heterocycles. The van der Waals surface area contributed by atoms with E-state index in [1.54, 1.807) is 0 Å². The highest BCUT2D eigenvalue weighted by atomic mass is 15.2. The molecule has 0 aliphatic carbocycles. The third-order valence-corrected chi connectivity index (χ3v) is 2.43. The van der Waals surface area contributed by atoms with Gasteiger partial charge in [-0.3, -0.25) is 4.99 Å². The monoisotopic (exact) mass is 256 g/mol. The Hall–Kier alpha value is -0.770. The molecule has 18 heavy (non-hydrogen) atoms. The van der Waals surface area contributed by atoms with Gasteiger partial charge in [-0.1, -0.05) is 27.7 Å². The van der Waals surface area contributed by atoms with Crippen LogP contribution in [-0.2, 0) is 0 Å². The van der Waals surface area contributed by atoms with Crippen molar-refractivity contribution in [3.63, 3.8) is 0 Å². The number of hydrogen-bond acceptors (Lipinski definition) is 2. The summed E-state index contributed by atoms with van der Waals surface area (Å²) in [6, 6.07) is 0. The normalized spacial score (nSPS) is 13.3. The summed E-state index contributed by atoms with van der Waals surface area (Å²) in [5.74, 6) is 1.56. The maximum Gasteiger partial charge on any atom is 0.191 e. The third kappa shape index (κ3) is 9.28. The van der Waals surface area contributed by atoms with E-state index in [2.05, 4.69) is 69.2 Å². The van der Waals surface area contributed by atoms with Crippen molar-refractivity contribution in [3.8, 4) is 0 Å². The van der Waals surface area contributed by atoms with Crippen LogP contribution in [0.15, 0.2) is 4.99 Å². The highest BCUT2D eigenvalue weighted by molar-refractivity contribution is 5.79. The fourth-order valence-electron chi connectivity index (χ4n) is 1.84. The summed E-state index contributed by atoms with van der Waals surface area (Å²) in [6.45, 7) is 14.7. The van der Waals surface area contributed by atoms with E-state index in [-0.39, 0.29) is 5.41 Å². The molecule has 0 heterocycles. The highest BCUT2D eigenvalue weighted by Gasteiger charge is 2.18. The lowest BCUT2D eigenvalue weighted by Gasteiger charge is -2.27. The maximum atomic E-state index is 4.68. The van der Waals surface area contributed by atoms with E-state index >= 15 is 0 Å². The van der Waals surface area contributed by atoms with Gasteiger partial charge < -0.3 is 15.5 Å². The van der Waals surface area contributed by atoms with Gasteiger partial charge in [-0.05, 0) is 32.4 Å². The fourth-order valence-corrected chi connectivity index (χ4v) is 1.84. The molecule has 0 aromatic heterocycles. The largest absolute Gasteiger partial charge is 0.357 e. The quantitative estimate of drug-likeness (QED) is 0.539. The van der Waals surface area contributed by atoms with E-state index in [4.69, 9.17) is 0 Å². The first-order valence-corrected chi connectivity index (χ1v) is 6.93. The van der Waals surface area contributed by atoms with Crippen LogP contribution in [0.1, 0.15) is 34.6 Å². The van der Waals surface area contributed by atoms with E-state index in [1.165, 1.54) is 0 Å². The molecule has 0 saturated heterocycles. The summed E-state index contributed by atoms with van der Waals surface area (Å²) in [5, 5.41) is 6.66. The van der Waals surface area contributed by atoms with Gasteiger partial charge in [0.05, 0.1) is 0 Å². The van der Waals surface area contributed by atoms with Gasteiger partial charge in [0.25, 0.3) is 0 Å². The molecule has 0 aromatic rings. The van der Waals surface area contributed by atoms with Crippen LogP contribution in [0, 0.1) is 11.3 Å². The van der Waals surface area contributed by atoms with Crippen molar-refractivity contribution in [2.75, 3.05) is 40.3 Å². The van der Waals surface area contributed by atoms with Gasteiger partial charge in [-0.15, -0.1) is 0 Å². The van der Waals surface area contributed by atoms with Crippen LogP contribution < -0.4 is 10.6 Å². The zero-order valence-electron chi connectivity index (χ0n) is 13.3. The van der Waals surface area contributed by atoms with Crippen molar-refractivity contribution in [2.24, 2.45) is 16.3 Å². The van der Waals surface area contributed by atoms with Gasteiger partial charge in [0.1, 0.15) is 0 Å². The second-order valence-corrected chi connectivity index (χ2v) is 6.37. The molecule has 0 radical (unpaired) electrons. The van der Waals surface area contributed by atoms with Gasteiger partial charge in [0, 0.05) is 26.2 Å². The molecule has 0 aliphatic rings. The Morgan fingerprint density at radius 2 is 1.83 bits per heavy atom. The summed E-state index contributed by atoms with van der Waals surface area (Å²) in [7, 11) is 4.21. The van der Waals surface area contributed by atoms with Crippen molar-refractivity contribution < 1.29 is 0 Å². The molecule has 0 bridgehead atoms. The van der Waals surface area contributed by atoms with Crippen molar-refractivity contribution in [2.45, 2.75) is 34.6 Å². The number of nitrogens with one attached hydrogen (secondary N) is 2. The SMILES string of the molecule is CCNC(=NCC(C)(C)CN(C)C)NCC(C)C. The molecule has 0 saturated carbocycles. The predicted octanol–water partition coefficient (Wildman–Crippen LogP) is 1.79. The lowest BCUT2D eigenvalue weighted by Crippen LogP contribution is -2.40. The average Bonchev–Trinajstić information content (AvgIpc) is 2.20. The second-order valence-electron chi connectivity index (χ2n) is 6.37. The van der Waals surface area contributed by atoms with E-state index in [0.29, 0.717) is 5.92 Å². The van der Waals surface area contributed by atoms with Crippen molar-refractivity contribution >= 4 is 5.96 Å². The van der Waals surface area contributed by atoms with Crippen LogP contribution in [0.2, 0.25) is 0 Å². The Morgan fingerprint density at radius 1 is 1.22 bits per heavy atom. The highest BCUT2D eigenvalue weighted by Crippen LogP contribution is 2.15. The zero-order valence-corrected chi connectivity index (χ0v) is 13.3. The van der Waals surface area contributed by atoms with E-state index in [1.807, 2.05) is 0 Å². The molecule has 0 unspecified atom stereocenters. The Labute approximate surface area is 113 Å². The fraction of sp³-hybridized carbons (Fsp3) is 0.929. The topological polar surface area (TPSA) is 39.7 Å². The van der Waals surface area contributed by atoms with Crippen LogP contribution in [0.3, 0.4) is 0 Å². The van der Waals surface area contributed by atoms with Gasteiger partial charge in [0.15, 0.2) is 5.96 Å². The standard InChI is InChI=1S/C14H32N4/c1-8-15-13(16-9-12(2)3)17-10-14(4,5)11-18(6)7/h12H,8-11H2,1-7H3,(H2,15,16,17). The molecule has 0 amide bonds. The Bertz CT molecular complexity index is 244. The number of hydrogen-bond donors (Lipinski definition) is 2. The Balaban J connectivity index is 4.36. The van der Waals surface area contributed by atoms with Gasteiger partial charge in [-0.2, -0.15) is 0 Å². The van der Waals surface area contributed by atoms with Crippen LogP contribution in [-0.4, -0.2) is 51.1 Å². The smallest absolute Gasteiger partial charge is 0.191 e. The van der Waals surface area contributed by atoms with Crippen LogP contribution in [0.4, 0.5) is 0 Å². The minimum atomic E-state index is 0.198. The third-order valence-electron chi connectivity index (χ3n) is 2.43. The molecule has 0 rings (SSSR count). The molecular formula is C14H32N4. The number of aliphatic imine (C=N–C) groups is 1. The van der Waals surface area contributed by atoms with Crippen molar-refractivity contribution in [1.82, 2.24) is 15.5 Å². The summed E-state index contributed by atoms with van der Waals surface area (Å²) >= 11 is 0. The Kier molecular flexibility index (Phi) is 8.00. The van der Waals surface area contributed by atoms with Crippen LogP contribution in [0.5, 0.6) is 0 Å². The van der Waals surface area contributed by atoms with E-state index in [0.717, 1.165) is 32.1 Å². The maximum absolute atomic E-state index is 4.68. The van der Waals surface area contributed by atoms with E-state index < -0.39 is 0 Å². The molecule has 2 N–H and O–H groups in total. The van der Waals surface area contributed by atoms with Crippen LogP contribution in [0.25, 0.3) is 0 Å². The minimum Gasteiger partial charge on any atom is -0.357 e. The Morgan fingerprint density at radius 3 is 2.28 bits per heavy atom. The number of rotatable bonds is 7. The molecule has 4 heteroatoms. The number of nitrogens with zero attached hydrogens (tertiary/aromatic N) is 2. The van der Waals surface area contributed by atoms with Gasteiger partial charge >= 0.3 is 0 Å². The van der Waals surface area contributed by atoms with Crippen LogP contribution >= 0.6 is 0 Å². The first-order chi connectivity index (χ1) is 8.26. The van der Waals surface area contributed by atoms with Crippen molar-refractivity contribution in [3.05, 3.63) is 0 Å². The molecule has 0 aromatic carbocycles. The summed E-state index contributed by atoms with van der Waals surface area (Å²) in [4.78, 5) is 6.89. The molecule has 4 nitrogen and oxygen atoms in total. The molecule has 0 atom stereocenters. The lowest BCUT2D eigenvalue weighted by molar-refractivity contribution is 0.248. The lowest BCUT2D eigenvalue weighted by atomic mass is 9.93. The van der Waals surface area contributed by atoms with Gasteiger partial charge in [0.2, 0.25) is 0 Å². The minimum absolute atomic E-state index is 0.198. The second kappa shape index (κ2) is 8.35. The zero-order chi connectivity index (χ0) is 14.2. The molecule has 0 fully saturated rings.